The third-order valence-electron chi connectivity index (χ3n) is 4.96. The van der Waals surface area contributed by atoms with Gasteiger partial charge in [0.15, 0.2) is 14.6 Å². The number of amides is 1. The van der Waals surface area contributed by atoms with Crippen molar-refractivity contribution in [2.24, 2.45) is 4.99 Å². The van der Waals surface area contributed by atoms with Crippen LogP contribution in [0.4, 0.5) is 0 Å². The van der Waals surface area contributed by atoms with Gasteiger partial charge in [-0.25, -0.2) is 8.42 Å². The first-order valence-corrected chi connectivity index (χ1v) is 14.2. The van der Waals surface area contributed by atoms with E-state index in [0.717, 1.165) is 20.7 Å². The maximum atomic E-state index is 12.6. The number of sulfone groups is 1. The highest BCUT2D eigenvalue weighted by Crippen LogP contribution is 2.24. The Labute approximate surface area is 197 Å². The second-order valence-corrected chi connectivity index (χ2v) is 11.3. The van der Waals surface area contributed by atoms with E-state index in [1.165, 1.54) is 11.3 Å². The smallest absolute Gasteiger partial charge is 0.248 e. The zero-order chi connectivity index (χ0) is 23.1. The monoisotopic (exact) mass is 492 g/mol. The highest BCUT2D eigenvalue weighted by molar-refractivity contribution is 7.98. The first-order valence-electron chi connectivity index (χ1n) is 10.5. The number of hydrogen-bond acceptors (Lipinski definition) is 6. The molecule has 0 fully saturated rings. The maximum Gasteiger partial charge on any atom is 0.248 e. The number of ether oxygens (including phenoxy) is 1. The molecule has 1 heterocycles. The Hall–Kier alpha value is -1.94. The van der Waals surface area contributed by atoms with Crippen LogP contribution in [-0.2, 0) is 25.9 Å². The van der Waals surface area contributed by atoms with Gasteiger partial charge in [-0.3, -0.25) is 4.79 Å². The van der Waals surface area contributed by atoms with Crippen LogP contribution < -0.4 is 4.80 Å². The topological polar surface area (TPSA) is 77.7 Å². The molecular weight excluding hydrogens is 464 g/mol. The molecular formula is C23H28N2O4S3. The number of aromatic nitrogens is 1. The summed E-state index contributed by atoms with van der Waals surface area (Å²) in [4.78, 5) is 18.9. The highest BCUT2D eigenvalue weighted by atomic mass is 32.2. The lowest BCUT2D eigenvalue weighted by atomic mass is 10.2. The Morgan fingerprint density at radius 2 is 1.94 bits per heavy atom. The van der Waals surface area contributed by atoms with E-state index in [0.29, 0.717) is 24.6 Å². The van der Waals surface area contributed by atoms with E-state index in [1.54, 1.807) is 36.0 Å². The van der Waals surface area contributed by atoms with E-state index in [4.69, 9.17) is 4.74 Å². The van der Waals surface area contributed by atoms with Crippen molar-refractivity contribution in [3.63, 3.8) is 0 Å². The van der Waals surface area contributed by atoms with Gasteiger partial charge < -0.3 is 9.30 Å². The molecule has 0 saturated carbocycles. The third kappa shape index (κ3) is 6.31. The average molecular weight is 493 g/mol. The normalized spacial score (nSPS) is 12.5. The fraction of sp³-hybridized carbons (Fsp3) is 0.391. The Bertz CT molecular complexity index is 1240. The van der Waals surface area contributed by atoms with Crippen molar-refractivity contribution in [3.8, 4) is 0 Å². The zero-order valence-corrected chi connectivity index (χ0v) is 21.0. The molecule has 0 aliphatic carbocycles. The summed E-state index contributed by atoms with van der Waals surface area (Å²) in [6.07, 6.45) is 2.34. The molecule has 0 atom stereocenters. The van der Waals surface area contributed by atoms with E-state index in [-0.39, 0.29) is 29.4 Å². The SMILES string of the molecule is CCOCCn1c(=NC(=O)CCCS(=O)(=O)c2ccc(C)cc2)sc2cc(SC)ccc21. The Balaban J connectivity index is 1.75. The van der Waals surface area contributed by atoms with Gasteiger partial charge in [0.25, 0.3) is 0 Å². The Kier molecular flexibility index (Phi) is 8.70. The summed E-state index contributed by atoms with van der Waals surface area (Å²) in [6.45, 7) is 5.61. The van der Waals surface area contributed by atoms with Crippen molar-refractivity contribution in [3.05, 3.63) is 52.8 Å². The summed E-state index contributed by atoms with van der Waals surface area (Å²) in [5.74, 6) is -0.392. The molecule has 0 bridgehead atoms. The summed E-state index contributed by atoms with van der Waals surface area (Å²) in [5.41, 5.74) is 2.02. The van der Waals surface area contributed by atoms with Crippen LogP contribution in [0.25, 0.3) is 10.2 Å². The molecule has 6 nitrogen and oxygen atoms in total. The molecule has 3 aromatic rings. The van der Waals surface area contributed by atoms with Crippen molar-refractivity contribution >= 4 is 49.1 Å². The van der Waals surface area contributed by atoms with Gasteiger partial charge in [0.2, 0.25) is 5.91 Å². The number of aryl methyl sites for hydroxylation is 1. The standard InChI is InChI=1S/C23H28N2O4S3/c1-4-29-14-13-25-20-12-9-18(30-3)16-21(20)31-23(25)24-22(26)6-5-15-32(27,28)19-10-7-17(2)8-11-19/h7-12,16H,4-6,13-15H2,1-3H3. The van der Waals surface area contributed by atoms with Gasteiger partial charge in [-0.05, 0) is 56.9 Å². The molecule has 1 amide bonds. The number of carbonyl (C=O) groups is 1. The van der Waals surface area contributed by atoms with Crippen LogP contribution in [0, 0.1) is 6.92 Å². The largest absolute Gasteiger partial charge is 0.380 e. The molecule has 0 saturated heterocycles. The lowest BCUT2D eigenvalue weighted by molar-refractivity contribution is -0.118. The van der Waals surface area contributed by atoms with Gasteiger partial charge in [-0.1, -0.05) is 29.0 Å². The van der Waals surface area contributed by atoms with Crippen molar-refractivity contribution in [2.75, 3.05) is 25.2 Å². The molecule has 1 aromatic heterocycles. The van der Waals surface area contributed by atoms with E-state index < -0.39 is 9.84 Å². The fourth-order valence-electron chi connectivity index (χ4n) is 3.22. The number of hydrogen-bond donors (Lipinski definition) is 0. The van der Waals surface area contributed by atoms with E-state index in [9.17, 15) is 13.2 Å². The number of rotatable bonds is 10. The Morgan fingerprint density at radius 3 is 2.62 bits per heavy atom. The lowest BCUT2D eigenvalue weighted by Gasteiger charge is -2.06. The van der Waals surface area contributed by atoms with Crippen molar-refractivity contribution in [1.29, 1.82) is 0 Å². The highest BCUT2D eigenvalue weighted by Gasteiger charge is 2.15. The molecule has 9 heteroatoms. The lowest BCUT2D eigenvalue weighted by Crippen LogP contribution is -2.20. The van der Waals surface area contributed by atoms with Gasteiger partial charge in [0.05, 0.1) is 27.5 Å². The molecule has 0 spiro atoms. The van der Waals surface area contributed by atoms with Crippen LogP contribution in [0.3, 0.4) is 0 Å². The quantitative estimate of drug-likeness (QED) is 0.309. The molecule has 0 aliphatic heterocycles. The van der Waals surface area contributed by atoms with Crippen LogP contribution in [0.1, 0.15) is 25.3 Å². The minimum Gasteiger partial charge on any atom is -0.380 e. The number of nitrogens with zero attached hydrogens (tertiary/aromatic N) is 2. The van der Waals surface area contributed by atoms with Gasteiger partial charge in [0.1, 0.15) is 0 Å². The predicted octanol–water partition coefficient (Wildman–Crippen LogP) is 4.45. The number of thioether (sulfide) groups is 1. The predicted molar refractivity (Wildman–Crippen MR) is 131 cm³/mol. The molecule has 0 radical (unpaired) electrons. The third-order valence-corrected chi connectivity index (χ3v) is 8.54. The molecule has 2 aromatic carbocycles. The van der Waals surface area contributed by atoms with Crippen molar-refractivity contribution < 1.29 is 17.9 Å². The minimum absolute atomic E-state index is 0.0782. The first kappa shape index (κ1) is 24.7. The molecule has 32 heavy (non-hydrogen) atoms. The number of benzene rings is 2. The van der Waals surface area contributed by atoms with Crippen LogP contribution in [-0.4, -0.2) is 44.1 Å². The number of thiazole rings is 1. The van der Waals surface area contributed by atoms with E-state index in [2.05, 4.69) is 17.1 Å². The van der Waals surface area contributed by atoms with Gasteiger partial charge in [-0.2, -0.15) is 4.99 Å². The Morgan fingerprint density at radius 1 is 1.19 bits per heavy atom. The summed E-state index contributed by atoms with van der Waals surface area (Å²) in [5, 5.41) is 0. The molecule has 0 aliphatic rings. The molecule has 0 N–H and O–H groups in total. The molecule has 172 valence electrons. The number of fused-ring (bicyclic) bond motifs is 1. The summed E-state index contributed by atoms with van der Waals surface area (Å²) < 4.78 is 33.6. The van der Waals surface area contributed by atoms with Gasteiger partial charge >= 0.3 is 0 Å². The average Bonchev–Trinajstić information content (AvgIpc) is 3.10. The van der Waals surface area contributed by atoms with Gasteiger partial charge in [0, 0.05) is 24.5 Å². The molecule has 0 unspecified atom stereocenters. The fourth-order valence-corrected chi connectivity index (χ4v) is 6.16. The van der Waals surface area contributed by atoms with Crippen molar-refractivity contribution in [2.45, 2.75) is 43.0 Å². The summed E-state index contributed by atoms with van der Waals surface area (Å²) >= 11 is 3.13. The van der Waals surface area contributed by atoms with Gasteiger partial charge in [-0.15, -0.1) is 11.8 Å². The molecule has 3 rings (SSSR count). The van der Waals surface area contributed by atoms with E-state index >= 15 is 0 Å². The van der Waals surface area contributed by atoms with Crippen LogP contribution in [0.15, 0.2) is 57.2 Å². The zero-order valence-electron chi connectivity index (χ0n) is 18.5. The van der Waals surface area contributed by atoms with Crippen LogP contribution >= 0.6 is 23.1 Å². The van der Waals surface area contributed by atoms with Crippen LogP contribution in [0.5, 0.6) is 0 Å². The summed E-state index contributed by atoms with van der Waals surface area (Å²) in [7, 11) is -3.41. The van der Waals surface area contributed by atoms with E-state index in [1.807, 2.05) is 30.7 Å². The van der Waals surface area contributed by atoms with Crippen molar-refractivity contribution in [1.82, 2.24) is 4.57 Å². The maximum absolute atomic E-state index is 12.6. The number of carbonyl (C=O) groups excluding carboxylic acids is 1. The minimum atomic E-state index is -3.41. The van der Waals surface area contributed by atoms with Crippen LogP contribution in [0.2, 0.25) is 0 Å². The second kappa shape index (κ2) is 11.3. The first-order chi connectivity index (χ1) is 15.3. The summed E-state index contributed by atoms with van der Waals surface area (Å²) in [6, 6.07) is 13.0. The second-order valence-electron chi connectivity index (χ2n) is 7.31.